The van der Waals surface area contributed by atoms with Gasteiger partial charge in [0.2, 0.25) is 0 Å². The number of likely N-dealkylation sites (N-methyl/N-ethyl adjacent to an activating group) is 1. The molecular formula is C17H30FN3. The van der Waals surface area contributed by atoms with Gasteiger partial charge in [0.25, 0.3) is 0 Å². The maximum atomic E-state index is 13.7. The fraction of sp³-hybridized carbons (Fsp3) is 0.647. The highest BCUT2D eigenvalue weighted by atomic mass is 19.1. The third-order valence-electron chi connectivity index (χ3n) is 3.62. The minimum atomic E-state index is -0.164. The fourth-order valence-electron chi connectivity index (χ4n) is 2.52. The van der Waals surface area contributed by atoms with Crippen LogP contribution in [0.2, 0.25) is 0 Å². The second kappa shape index (κ2) is 9.00. The van der Waals surface area contributed by atoms with Crippen LogP contribution in [-0.4, -0.2) is 45.2 Å². The summed E-state index contributed by atoms with van der Waals surface area (Å²) in [7, 11) is 4.16. The van der Waals surface area contributed by atoms with Gasteiger partial charge >= 0.3 is 0 Å². The molecule has 0 saturated heterocycles. The molecule has 1 N–H and O–H groups in total. The first kappa shape index (κ1) is 17.9. The van der Waals surface area contributed by atoms with Crippen LogP contribution in [0.3, 0.4) is 0 Å². The van der Waals surface area contributed by atoms with Crippen molar-refractivity contribution in [2.75, 3.05) is 45.2 Å². The number of benzene rings is 1. The maximum Gasteiger partial charge on any atom is 0.123 e. The summed E-state index contributed by atoms with van der Waals surface area (Å²) in [6.45, 7) is 10.2. The average molecular weight is 295 g/mol. The van der Waals surface area contributed by atoms with E-state index < -0.39 is 0 Å². The van der Waals surface area contributed by atoms with Crippen molar-refractivity contribution < 1.29 is 4.39 Å². The highest BCUT2D eigenvalue weighted by Gasteiger charge is 2.16. The van der Waals surface area contributed by atoms with Crippen LogP contribution in [0, 0.1) is 5.82 Å². The lowest BCUT2D eigenvalue weighted by Crippen LogP contribution is -2.33. The summed E-state index contributed by atoms with van der Waals surface area (Å²) in [6.07, 6.45) is 1.08. The largest absolute Gasteiger partial charge is 0.370 e. The van der Waals surface area contributed by atoms with Gasteiger partial charge in [-0.05, 0) is 57.7 Å². The lowest BCUT2D eigenvalue weighted by atomic mass is 10.0. The van der Waals surface area contributed by atoms with Gasteiger partial charge in [-0.25, -0.2) is 4.39 Å². The number of nitrogens with one attached hydrogen (secondary N) is 1. The number of halogens is 1. The topological polar surface area (TPSA) is 18.5 Å². The van der Waals surface area contributed by atoms with Crippen molar-refractivity contribution in [3.63, 3.8) is 0 Å². The van der Waals surface area contributed by atoms with E-state index in [1.165, 1.54) is 0 Å². The van der Waals surface area contributed by atoms with E-state index in [2.05, 4.69) is 50.0 Å². The van der Waals surface area contributed by atoms with E-state index in [4.69, 9.17) is 0 Å². The summed E-state index contributed by atoms with van der Waals surface area (Å²) < 4.78 is 13.7. The van der Waals surface area contributed by atoms with Crippen LogP contribution in [0.25, 0.3) is 0 Å². The van der Waals surface area contributed by atoms with Crippen LogP contribution in [0.4, 0.5) is 10.1 Å². The third-order valence-corrected chi connectivity index (χ3v) is 3.62. The molecule has 120 valence electrons. The first-order valence-corrected chi connectivity index (χ1v) is 7.92. The van der Waals surface area contributed by atoms with Crippen LogP contribution in [0.15, 0.2) is 18.2 Å². The van der Waals surface area contributed by atoms with Gasteiger partial charge in [0.15, 0.2) is 0 Å². The summed E-state index contributed by atoms with van der Waals surface area (Å²) in [6, 6.07) is 5.31. The van der Waals surface area contributed by atoms with Gasteiger partial charge in [-0.1, -0.05) is 13.8 Å². The van der Waals surface area contributed by atoms with E-state index in [1.807, 2.05) is 6.07 Å². The molecule has 0 fully saturated rings. The Kier molecular flexibility index (Phi) is 7.68. The predicted octanol–water partition coefficient (Wildman–Crippen LogP) is 3.27. The van der Waals surface area contributed by atoms with E-state index >= 15 is 0 Å². The number of rotatable bonds is 9. The Morgan fingerprint density at radius 3 is 2.43 bits per heavy atom. The summed E-state index contributed by atoms with van der Waals surface area (Å²) >= 11 is 0. The predicted molar refractivity (Wildman–Crippen MR) is 89.5 cm³/mol. The SMILES string of the molecule is CCCN(CCN(C)C)c1ccc(F)cc1C(C)NCC. The fourth-order valence-corrected chi connectivity index (χ4v) is 2.52. The highest BCUT2D eigenvalue weighted by molar-refractivity contribution is 5.55. The standard InChI is InChI=1S/C17H30FN3/c1-6-10-21(12-11-20(4)5)17-9-8-15(18)13-16(17)14(3)19-7-2/h8-9,13-14,19H,6-7,10-12H2,1-5H3. The first-order chi connectivity index (χ1) is 9.99. The van der Waals surface area contributed by atoms with Crippen LogP contribution < -0.4 is 10.2 Å². The maximum absolute atomic E-state index is 13.7. The molecular weight excluding hydrogens is 265 g/mol. The van der Waals surface area contributed by atoms with Crippen LogP contribution >= 0.6 is 0 Å². The van der Waals surface area contributed by atoms with E-state index in [0.29, 0.717) is 0 Å². The Labute approximate surface area is 129 Å². The zero-order chi connectivity index (χ0) is 15.8. The quantitative estimate of drug-likeness (QED) is 0.754. The summed E-state index contributed by atoms with van der Waals surface area (Å²) in [5, 5.41) is 3.39. The molecule has 0 aromatic heterocycles. The molecule has 1 aromatic carbocycles. The van der Waals surface area contributed by atoms with E-state index in [0.717, 1.165) is 43.9 Å². The van der Waals surface area contributed by atoms with Gasteiger partial charge in [-0.3, -0.25) is 0 Å². The summed E-state index contributed by atoms with van der Waals surface area (Å²) in [5.41, 5.74) is 2.19. The van der Waals surface area contributed by atoms with Crippen molar-refractivity contribution in [2.45, 2.75) is 33.2 Å². The zero-order valence-corrected chi connectivity index (χ0v) is 14.1. The van der Waals surface area contributed by atoms with Crippen LogP contribution in [0.1, 0.15) is 38.8 Å². The molecule has 0 aliphatic carbocycles. The van der Waals surface area contributed by atoms with E-state index in [-0.39, 0.29) is 11.9 Å². The molecule has 0 spiro atoms. The average Bonchev–Trinajstić information content (AvgIpc) is 2.43. The van der Waals surface area contributed by atoms with E-state index in [1.54, 1.807) is 12.1 Å². The molecule has 0 aliphatic heterocycles. The molecule has 4 heteroatoms. The Hall–Kier alpha value is -1.13. The second-order valence-corrected chi connectivity index (χ2v) is 5.77. The first-order valence-electron chi connectivity index (χ1n) is 7.92. The molecule has 0 aliphatic rings. The van der Waals surface area contributed by atoms with E-state index in [9.17, 15) is 4.39 Å². The summed E-state index contributed by atoms with van der Waals surface area (Å²) in [5.74, 6) is -0.164. The van der Waals surface area contributed by atoms with Crippen molar-refractivity contribution in [3.8, 4) is 0 Å². The Balaban J connectivity index is 3.04. The van der Waals surface area contributed by atoms with Crippen molar-refractivity contribution in [3.05, 3.63) is 29.6 Å². The monoisotopic (exact) mass is 295 g/mol. The van der Waals surface area contributed by atoms with Crippen LogP contribution in [-0.2, 0) is 0 Å². The van der Waals surface area contributed by atoms with Gasteiger partial charge in [0.05, 0.1) is 0 Å². The van der Waals surface area contributed by atoms with Gasteiger partial charge in [0, 0.05) is 31.4 Å². The molecule has 1 unspecified atom stereocenters. The Bertz CT molecular complexity index is 420. The normalized spacial score (nSPS) is 12.7. The van der Waals surface area contributed by atoms with Crippen molar-refractivity contribution >= 4 is 5.69 Å². The van der Waals surface area contributed by atoms with Crippen molar-refractivity contribution in [1.82, 2.24) is 10.2 Å². The number of anilines is 1. The Morgan fingerprint density at radius 2 is 1.86 bits per heavy atom. The molecule has 0 amide bonds. The number of nitrogens with zero attached hydrogens (tertiary/aromatic N) is 2. The van der Waals surface area contributed by atoms with Crippen molar-refractivity contribution in [2.24, 2.45) is 0 Å². The summed E-state index contributed by atoms with van der Waals surface area (Å²) in [4.78, 5) is 4.54. The minimum Gasteiger partial charge on any atom is -0.370 e. The van der Waals surface area contributed by atoms with Gasteiger partial charge in [-0.2, -0.15) is 0 Å². The second-order valence-electron chi connectivity index (χ2n) is 5.77. The molecule has 0 radical (unpaired) electrons. The molecule has 21 heavy (non-hydrogen) atoms. The minimum absolute atomic E-state index is 0.152. The van der Waals surface area contributed by atoms with Gasteiger partial charge in [0.1, 0.15) is 5.82 Å². The molecule has 1 atom stereocenters. The molecule has 3 nitrogen and oxygen atoms in total. The molecule has 1 rings (SSSR count). The molecule has 1 aromatic rings. The van der Waals surface area contributed by atoms with Gasteiger partial charge < -0.3 is 15.1 Å². The molecule has 0 heterocycles. The smallest absolute Gasteiger partial charge is 0.123 e. The number of hydrogen-bond acceptors (Lipinski definition) is 3. The Morgan fingerprint density at radius 1 is 1.14 bits per heavy atom. The lowest BCUT2D eigenvalue weighted by molar-refractivity contribution is 0.412. The van der Waals surface area contributed by atoms with Crippen molar-refractivity contribution in [1.29, 1.82) is 0 Å². The van der Waals surface area contributed by atoms with Gasteiger partial charge in [-0.15, -0.1) is 0 Å². The lowest BCUT2D eigenvalue weighted by Gasteiger charge is -2.30. The zero-order valence-electron chi connectivity index (χ0n) is 14.1. The highest BCUT2D eigenvalue weighted by Crippen LogP contribution is 2.27. The molecule has 0 saturated carbocycles. The van der Waals surface area contributed by atoms with Crippen LogP contribution in [0.5, 0.6) is 0 Å². The third kappa shape index (κ3) is 5.64. The number of hydrogen-bond donors (Lipinski definition) is 1. The molecule has 0 bridgehead atoms.